The number of carbonyl (C=O) groups excluding carboxylic acids is 1. The van der Waals surface area contributed by atoms with E-state index in [0.29, 0.717) is 12.5 Å². The Kier molecular flexibility index (Phi) is 6.18. The van der Waals surface area contributed by atoms with Crippen molar-refractivity contribution < 1.29 is 4.79 Å². The molecule has 0 aliphatic carbocycles. The molecule has 5 heteroatoms. The molecular formula is C14H23N3OS. The number of nitrogens with one attached hydrogen (secondary N) is 2. The number of hydrogen-bond acceptors (Lipinski definition) is 4. The second-order valence-corrected chi connectivity index (χ2v) is 5.80. The van der Waals surface area contributed by atoms with Crippen LogP contribution in [0.3, 0.4) is 0 Å². The quantitative estimate of drug-likeness (QED) is 0.755. The fraction of sp³-hybridized carbons (Fsp3) is 0.571. The molecule has 0 radical (unpaired) electrons. The number of amides is 1. The summed E-state index contributed by atoms with van der Waals surface area (Å²) in [5.74, 6) is 0.422. The topological polar surface area (TPSA) is 54.0 Å². The summed E-state index contributed by atoms with van der Waals surface area (Å²) in [6.45, 7) is 12.2. The predicted octanol–water partition coefficient (Wildman–Crippen LogP) is 2.61. The molecule has 0 aliphatic heterocycles. The van der Waals surface area contributed by atoms with Crippen LogP contribution in [0, 0.1) is 0 Å². The first-order valence-corrected chi connectivity index (χ1v) is 7.43. The normalized spacial score (nSPS) is 14.2. The highest BCUT2D eigenvalue weighted by Crippen LogP contribution is 2.22. The number of carbonyl (C=O) groups is 1. The van der Waals surface area contributed by atoms with Crippen LogP contribution in [0.1, 0.15) is 50.4 Å². The van der Waals surface area contributed by atoms with Crippen molar-refractivity contribution in [2.24, 2.45) is 0 Å². The van der Waals surface area contributed by atoms with Gasteiger partial charge in [-0.2, -0.15) is 0 Å². The lowest BCUT2D eigenvalue weighted by molar-refractivity contribution is -0.122. The lowest BCUT2D eigenvalue weighted by Gasteiger charge is -2.18. The van der Waals surface area contributed by atoms with Gasteiger partial charge in [0.05, 0.1) is 16.7 Å². The van der Waals surface area contributed by atoms with Gasteiger partial charge in [-0.3, -0.25) is 10.1 Å². The van der Waals surface area contributed by atoms with Crippen molar-refractivity contribution in [2.45, 2.75) is 45.7 Å². The van der Waals surface area contributed by atoms with Gasteiger partial charge in [-0.15, -0.1) is 17.9 Å². The van der Waals surface area contributed by atoms with E-state index >= 15 is 0 Å². The van der Waals surface area contributed by atoms with Gasteiger partial charge in [-0.25, -0.2) is 4.98 Å². The van der Waals surface area contributed by atoms with Gasteiger partial charge >= 0.3 is 0 Å². The van der Waals surface area contributed by atoms with Gasteiger partial charge in [0.2, 0.25) is 5.91 Å². The van der Waals surface area contributed by atoms with Crippen molar-refractivity contribution in [3.63, 3.8) is 0 Å². The zero-order valence-electron chi connectivity index (χ0n) is 12.1. The van der Waals surface area contributed by atoms with Crippen LogP contribution in [0.4, 0.5) is 0 Å². The minimum Gasteiger partial charge on any atom is -0.351 e. The van der Waals surface area contributed by atoms with Gasteiger partial charge in [0, 0.05) is 23.9 Å². The van der Waals surface area contributed by atoms with Crippen molar-refractivity contribution in [3.05, 3.63) is 28.7 Å². The van der Waals surface area contributed by atoms with E-state index in [0.717, 1.165) is 10.7 Å². The fourth-order valence-electron chi connectivity index (χ4n) is 1.63. The van der Waals surface area contributed by atoms with Crippen LogP contribution >= 0.6 is 11.3 Å². The van der Waals surface area contributed by atoms with Gasteiger partial charge < -0.3 is 5.32 Å². The lowest BCUT2D eigenvalue weighted by Crippen LogP contribution is -2.43. The molecule has 0 spiro atoms. The molecule has 0 fully saturated rings. The van der Waals surface area contributed by atoms with Crippen LogP contribution in [-0.2, 0) is 4.79 Å². The van der Waals surface area contributed by atoms with E-state index in [1.54, 1.807) is 17.4 Å². The van der Waals surface area contributed by atoms with E-state index < -0.39 is 0 Å². The molecule has 106 valence electrons. The Bertz CT molecular complexity index is 428. The van der Waals surface area contributed by atoms with Gasteiger partial charge in [-0.05, 0) is 13.8 Å². The molecule has 0 aromatic carbocycles. The number of hydrogen-bond donors (Lipinski definition) is 2. The van der Waals surface area contributed by atoms with E-state index in [4.69, 9.17) is 0 Å². The molecule has 2 N–H and O–H groups in total. The first-order chi connectivity index (χ1) is 8.95. The molecule has 1 amide bonds. The van der Waals surface area contributed by atoms with Crippen molar-refractivity contribution >= 4 is 17.2 Å². The summed E-state index contributed by atoms with van der Waals surface area (Å²) in [6, 6.07) is -0.188. The van der Waals surface area contributed by atoms with Crippen LogP contribution in [-0.4, -0.2) is 23.5 Å². The van der Waals surface area contributed by atoms with Crippen molar-refractivity contribution in [1.29, 1.82) is 0 Å². The Morgan fingerprint density at radius 1 is 1.47 bits per heavy atom. The Balaban J connectivity index is 2.55. The number of nitrogens with zero attached hydrogens (tertiary/aromatic N) is 1. The summed E-state index contributed by atoms with van der Waals surface area (Å²) in [7, 11) is 0. The Labute approximate surface area is 119 Å². The standard InChI is InChI=1S/C14H23N3OS/c1-6-7-15-13(18)11(5)16-10(4)12-8-19-14(17-12)9(2)3/h6,8-11,16H,1,7H2,2-5H3,(H,15,18)/t10-,11+/m1/s1. The smallest absolute Gasteiger partial charge is 0.237 e. The Morgan fingerprint density at radius 3 is 2.68 bits per heavy atom. The van der Waals surface area contributed by atoms with Crippen molar-refractivity contribution in [1.82, 2.24) is 15.6 Å². The molecule has 0 saturated heterocycles. The van der Waals surface area contributed by atoms with Crippen LogP contribution in [0.25, 0.3) is 0 Å². The maximum absolute atomic E-state index is 11.7. The molecule has 0 unspecified atom stereocenters. The second-order valence-electron chi connectivity index (χ2n) is 4.91. The molecule has 19 heavy (non-hydrogen) atoms. The largest absolute Gasteiger partial charge is 0.351 e. The summed E-state index contributed by atoms with van der Waals surface area (Å²) in [4.78, 5) is 16.3. The van der Waals surface area contributed by atoms with Gasteiger partial charge in [0.1, 0.15) is 0 Å². The molecule has 1 aromatic heterocycles. The van der Waals surface area contributed by atoms with Gasteiger partial charge in [0.15, 0.2) is 0 Å². The zero-order chi connectivity index (χ0) is 14.4. The summed E-state index contributed by atoms with van der Waals surface area (Å²) in [6.07, 6.45) is 1.67. The van der Waals surface area contributed by atoms with Crippen molar-refractivity contribution in [3.8, 4) is 0 Å². The van der Waals surface area contributed by atoms with Gasteiger partial charge in [0.25, 0.3) is 0 Å². The maximum atomic E-state index is 11.7. The maximum Gasteiger partial charge on any atom is 0.237 e. The third-order valence-electron chi connectivity index (χ3n) is 2.79. The summed E-state index contributed by atoms with van der Waals surface area (Å²) < 4.78 is 0. The first kappa shape index (κ1) is 15.9. The molecule has 2 atom stereocenters. The average molecular weight is 281 g/mol. The molecule has 1 aromatic rings. The Hall–Kier alpha value is -1.20. The fourth-order valence-corrected chi connectivity index (χ4v) is 2.56. The molecule has 0 bridgehead atoms. The third-order valence-corrected chi connectivity index (χ3v) is 3.95. The molecular weight excluding hydrogens is 258 g/mol. The van der Waals surface area contributed by atoms with E-state index in [-0.39, 0.29) is 18.0 Å². The Morgan fingerprint density at radius 2 is 2.16 bits per heavy atom. The third kappa shape index (κ3) is 4.76. The number of thiazole rings is 1. The first-order valence-electron chi connectivity index (χ1n) is 6.55. The van der Waals surface area contributed by atoms with E-state index in [9.17, 15) is 4.79 Å². The molecule has 1 rings (SSSR count). The van der Waals surface area contributed by atoms with Crippen LogP contribution in [0.15, 0.2) is 18.0 Å². The number of aromatic nitrogens is 1. The predicted molar refractivity (Wildman–Crippen MR) is 80.4 cm³/mol. The SMILES string of the molecule is C=CCNC(=O)[C@H](C)N[C@H](C)c1csc(C(C)C)n1. The highest BCUT2D eigenvalue weighted by Gasteiger charge is 2.17. The van der Waals surface area contributed by atoms with Gasteiger partial charge in [-0.1, -0.05) is 19.9 Å². The number of rotatable bonds is 7. The van der Waals surface area contributed by atoms with Crippen LogP contribution in [0.5, 0.6) is 0 Å². The molecule has 0 aliphatic rings. The molecule has 4 nitrogen and oxygen atoms in total. The summed E-state index contributed by atoms with van der Waals surface area (Å²) >= 11 is 1.67. The molecule has 0 saturated carbocycles. The van der Waals surface area contributed by atoms with E-state index in [1.807, 2.05) is 13.8 Å². The average Bonchev–Trinajstić information content (AvgIpc) is 2.85. The summed E-state index contributed by atoms with van der Waals surface area (Å²) in [5.41, 5.74) is 0.997. The minimum atomic E-state index is -0.251. The van der Waals surface area contributed by atoms with Crippen molar-refractivity contribution in [2.75, 3.05) is 6.54 Å². The monoisotopic (exact) mass is 281 g/mol. The zero-order valence-corrected chi connectivity index (χ0v) is 12.9. The van der Waals surface area contributed by atoms with Crippen LogP contribution in [0.2, 0.25) is 0 Å². The minimum absolute atomic E-state index is 0.0222. The lowest BCUT2D eigenvalue weighted by atomic mass is 10.2. The highest BCUT2D eigenvalue weighted by molar-refractivity contribution is 7.09. The molecule has 1 heterocycles. The summed E-state index contributed by atoms with van der Waals surface area (Å²) in [5, 5.41) is 9.22. The second kappa shape index (κ2) is 7.40. The van der Waals surface area contributed by atoms with Crippen LogP contribution < -0.4 is 10.6 Å². The van der Waals surface area contributed by atoms with E-state index in [1.165, 1.54) is 0 Å². The van der Waals surface area contributed by atoms with E-state index in [2.05, 4.69) is 41.4 Å². The highest BCUT2D eigenvalue weighted by atomic mass is 32.1.